The molecule has 0 saturated carbocycles. The van der Waals surface area contributed by atoms with Crippen LogP contribution in [0.15, 0.2) is 24.3 Å². The molecule has 2 aliphatic heterocycles. The minimum Gasteiger partial charge on any atom is -0.376 e. The Balaban J connectivity index is 1.42. The van der Waals surface area contributed by atoms with E-state index in [4.69, 9.17) is 4.74 Å². The Labute approximate surface area is 141 Å². The van der Waals surface area contributed by atoms with Crippen LogP contribution in [0.5, 0.6) is 0 Å². The van der Waals surface area contributed by atoms with Crippen LogP contribution >= 0.6 is 0 Å². The molecule has 130 valence electrons. The lowest BCUT2D eigenvalue weighted by Gasteiger charge is -2.28. The van der Waals surface area contributed by atoms with Crippen molar-refractivity contribution in [3.8, 4) is 0 Å². The second-order valence-corrected chi connectivity index (χ2v) is 6.14. The molecular weight excluding hydrogens is 308 g/mol. The lowest BCUT2D eigenvalue weighted by Crippen LogP contribution is -2.47. The van der Waals surface area contributed by atoms with E-state index in [9.17, 15) is 9.59 Å². The van der Waals surface area contributed by atoms with Crippen LogP contribution in [0, 0.1) is 0 Å². The van der Waals surface area contributed by atoms with Gasteiger partial charge < -0.3 is 25.6 Å². The highest BCUT2D eigenvalue weighted by Crippen LogP contribution is 2.16. The fourth-order valence-electron chi connectivity index (χ4n) is 2.94. The first-order valence-electron chi connectivity index (χ1n) is 8.44. The van der Waals surface area contributed by atoms with Gasteiger partial charge in [-0.05, 0) is 30.5 Å². The largest absolute Gasteiger partial charge is 0.376 e. The highest BCUT2D eigenvalue weighted by Gasteiger charge is 2.17. The number of rotatable bonds is 5. The summed E-state index contributed by atoms with van der Waals surface area (Å²) in [6, 6.07) is 7.74. The molecule has 3 N–H and O–H groups in total. The number of carbonyl (C=O) groups excluding carboxylic acids is 2. The molecule has 2 saturated heterocycles. The smallest absolute Gasteiger partial charge is 0.315 e. The molecule has 24 heavy (non-hydrogen) atoms. The minimum atomic E-state index is -0.178. The Kier molecular flexibility index (Phi) is 5.53. The van der Waals surface area contributed by atoms with Crippen molar-refractivity contribution in [2.24, 2.45) is 0 Å². The molecule has 7 heteroatoms. The van der Waals surface area contributed by atoms with Gasteiger partial charge in [-0.2, -0.15) is 0 Å². The molecule has 0 radical (unpaired) electrons. The predicted molar refractivity (Wildman–Crippen MR) is 90.9 cm³/mol. The Morgan fingerprint density at radius 1 is 1.29 bits per heavy atom. The van der Waals surface area contributed by atoms with E-state index in [0.717, 1.165) is 37.2 Å². The van der Waals surface area contributed by atoms with E-state index in [1.165, 1.54) is 0 Å². The summed E-state index contributed by atoms with van der Waals surface area (Å²) in [6.45, 7) is 3.70. The van der Waals surface area contributed by atoms with Crippen LogP contribution in [-0.2, 0) is 16.1 Å². The van der Waals surface area contributed by atoms with Crippen LogP contribution in [0.1, 0.15) is 18.4 Å². The lowest BCUT2D eigenvalue weighted by atomic mass is 10.2. The van der Waals surface area contributed by atoms with Crippen LogP contribution in [0.4, 0.5) is 10.5 Å². The first-order valence-corrected chi connectivity index (χ1v) is 8.44. The van der Waals surface area contributed by atoms with Gasteiger partial charge >= 0.3 is 6.03 Å². The molecule has 2 fully saturated rings. The average molecular weight is 332 g/mol. The number of benzene rings is 1. The van der Waals surface area contributed by atoms with Gasteiger partial charge in [0.2, 0.25) is 5.91 Å². The number of nitrogens with one attached hydrogen (secondary N) is 3. The van der Waals surface area contributed by atoms with E-state index < -0.39 is 0 Å². The maximum atomic E-state index is 11.8. The van der Waals surface area contributed by atoms with Gasteiger partial charge in [-0.1, -0.05) is 12.1 Å². The van der Waals surface area contributed by atoms with E-state index in [1.54, 1.807) is 0 Å². The van der Waals surface area contributed by atoms with Gasteiger partial charge in [0.25, 0.3) is 0 Å². The Morgan fingerprint density at radius 3 is 2.83 bits per heavy atom. The quantitative estimate of drug-likeness (QED) is 0.737. The zero-order valence-corrected chi connectivity index (χ0v) is 13.7. The normalized spacial score (nSPS) is 20.6. The number of hydrogen-bond donors (Lipinski definition) is 3. The van der Waals surface area contributed by atoms with Crippen LogP contribution in [-0.4, -0.2) is 50.8 Å². The van der Waals surface area contributed by atoms with E-state index in [1.807, 2.05) is 29.2 Å². The van der Waals surface area contributed by atoms with Gasteiger partial charge in [0.1, 0.15) is 0 Å². The zero-order chi connectivity index (χ0) is 16.8. The number of hydrogen-bond acceptors (Lipinski definition) is 4. The maximum absolute atomic E-state index is 11.8. The summed E-state index contributed by atoms with van der Waals surface area (Å²) < 4.78 is 5.47. The van der Waals surface area contributed by atoms with E-state index in [0.29, 0.717) is 26.2 Å². The van der Waals surface area contributed by atoms with Gasteiger partial charge in [0, 0.05) is 38.5 Å². The predicted octanol–water partition coefficient (Wildman–Crippen LogP) is 0.601. The summed E-state index contributed by atoms with van der Waals surface area (Å²) in [5, 5.41) is 8.49. The molecule has 1 atom stereocenters. The van der Waals surface area contributed by atoms with Crippen molar-refractivity contribution in [1.82, 2.24) is 16.0 Å². The second-order valence-electron chi connectivity index (χ2n) is 6.14. The fraction of sp³-hybridized carbons (Fsp3) is 0.529. The third-order valence-corrected chi connectivity index (χ3v) is 4.31. The standard InChI is InChI=1S/C17H24N4O3/c22-16-12-21(8-7-18-16)14-5-3-13(4-6-14)10-19-17(23)20-11-15-2-1-9-24-15/h3-6,15H,1-2,7-12H2,(H,18,22)(H2,19,20,23)/t15-/m0/s1. The van der Waals surface area contributed by atoms with E-state index in [-0.39, 0.29) is 18.0 Å². The molecule has 1 aromatic carbocycles. The first-order chi connectivity index (χ1) is 11.7. The fourth-order valence-corrected chi connectivity index (χ4v) is 2.94. The average Bonchev–Trinajstić information content (AvgIpc) is 3.12. The number of ether oxygens (including phenoxy) is 1. The zero-order valence-electron chi connectivity index (χ0n) is 13.7. The van der Waals surface area contributed by atoms with Gasteiger partial charge in [-0.3, -0.25) is 4.79 Å². The molecule has 3 rings (SSSR count). The maximum Gasteiger partial charge on any atom is 0.315 e. The summed E-state index contributed by atoms with van der Waals surface area (Å²) in [6.07, 6.45) is 2.23. The summed E-state index contributed by atoms with van der Waals surface area (Å²) in [5.74, 6) is 0.0508. The third kappa shape index (κ3) is 4.61. The first kappa shape index (κ1) is 16.6. The number of nitrogens with zero attached hydrogens (tertiary/aromatic N) is 1. The van der Waals surface area contributed by atoms with Crippen molar-refractivity contribution in [2.75, 3.05) is 37.7 Å². The Bertz CT molecular complexity index is 570. The number of anilines is 1. The molecule has 1 aromatic rings. The minimum absolute atomic E-state index is 0.0508. The molecule has 0 aromatic heterocycles. The molecule has 0 bridgehead atoms. The van der Waals surface area contributed by atoms with Gasteiger partial charge in [0.15, 0.2) is 0 Å². The number of piperazine rings is 1. The van der Waals surface area contributed by atoms with Crippen molar-refractivity contribution in [3.05, 3.63) is 29.8 Å². The van der Waals surface area contributed by atoms with Gasteiger partial charge in [0.05, 0.1) is 12.6 Å². The number of amides is 3. The Hall–Kier alpha value is -2.28. The number of urea groups is 1. The number of carbonyl (C=O) groups is 2. The Morgan fingerprint density at radius 2 is 2.12 bits per heavy atom. The molecule has 2 aliphatic rings. The summed E-state index contributed by atoms with van der Waals surface area (Å²) >= 11 is 0. The van der Waals surface area contributed by atoms with Crippen molar-refractivity contribution in [2.45, 2.75) is 25.5 Å². The summed E-state index contributed by atoms with van der Waals surface area (Å²) in [4.78, 5) is 25.3. The molecule has 3 amide bonds. The van der Waals surface area contributed by atoms with E-state index >= 15 is 0 Å². The van der Waals surface area contributed by atoms with Crippen molar-refractivity contribution >= 4 is 17.6 Å². The highest BCUT2D eigenvalue weighted by atomic mass is 16.5. The van der Waals surface area contributed by atoms with Crippen molar-refractivity contribution in [3.63, 3.8) is 0 Å². The van der Waals surface area contributed by atoms with Crippen LogP contribution in [0.2, 0.25) is 0 Å². The SMILES string of the molecule is O=C1CN(c2ccc(CNC(=O)NC[C@@H]3CCCO3)cc2)CCN1. The summed E-state index contributed by atoms with van der Waals surface area (Å²) in [5.41, 5.74) is 2.05. The second kappa shape index (κ2) is 8.01. The molecule has 2 heterocycles. The molecule has 0 aliphatic carbocycles. The van der Waals surface area contributed by atoms with Crippen LogP contribution in [0.25, 0.3) is 0 Å². The molecule has 0 spiro atoms. The lowest BCUT2D eigenvalue weighted by molar-refractivity contribution is -0.120. The summed E-state index contributed by atoms with van der Waals surface area (Å²) in [7, 11) is 0. The van der Waals surface area contributed by atoms with Crippen molar-refractivity contribution < 1.29 is 14.3 Å². The molecule has 7 nitrogen and oxygen atoms in total. The van der Waals surface area contributed by atoms with E-state index in [2.05, 4.69) is 16.0 Å². The topological polar surface area (TPSA) is 82.7 Å². The highest BCUT2D eigenvalue weighted by molar-refractivity contribution is 5.82. The van der Waals surface area contributed by atoms with Crippen molar-refractivity contribution in [1.29, 1.82) is 0 Å². The van der Waals surface area contributed by atoms with Crippen LogP contribution in [0.3, 0.4) is 0 Å². The molecule has 0 unspecified atom stereocenters. The van der Waals surface area contributed by atoms with Gasteiger partial charge in [-0.15, -0.1) is 0 Å². The van der Waals surface area contributed by atoms with Crippen LogP contribution < -0.4 is 20.9 Å². The monoisotopic (exact) mass is 332 g/mol. The third-order valence-electron chi connectivity index (χ3n) is 4.31. The molecular formula is C17H24N4O3. The van der Waals surface area contributed by atoms with Gasteiger partial charge in [-0.25, -0.2) is 4.79 Å².